The first-order chi connectivity index (χ1) is 9.90. The summed E-state index contributed by atoms with van der Waals surface area (Å²) in [6, 6.07) is 3.34. The van der Waals surface area contributed by atoms with Gasteiger partial charge < -0.3 is 19.3 Å². The minimum atomic E-state index is -1.42. The van der Waals surface area contributed by atoms with Crippen LogP contribution in [0.15, 0.2) is 12.1 Å². The Kier molecular flexibility index (Phi) is 4.18. The van der Waals surface area contributed by atoms with E-state index < -0.39 is 11.6 Å². The Bertz CT molecular complexity index is 580. The van der Waals surface area contributed by atoms with E-state index in [0.717, 1.165) is 0 Å². The average Bonchev–Trinajstić information content (AvgIpc) is 2.44. The zero-order valence-corrected chi connectivity index (χ0v) is 12.3. The van der Waals surface area contributed by atoms with Crippen LogP contribution in [0.1, 0.15) is 29.3 Å². The van der Waals surface area contributed by atoms with Crippen LogP contribution in [0.2, 0.25) is 0 Å². The van der Waals surface area contributed by atoms with Gasteiger partial charge in [-0.2, -0.15) is 0 Å². The molecule has 1 aromatic carbocycles. The third-order valence-corrected chi connectivity index (χ3v) is 3.49. The Morgan fingerprint density at radius 2 is 1.86 bits per heavy atom. The van der Waals surface area contributed by atoms with Gasteiger partial charge in [-0.15, -0.1) is 0 Å². The number of hydrogen-bond acceptors (Lipinski definition) is 6. The molecule has 1 N–H and O–H groups in total. The lowest BCUT2D eigenvalue weighted by Crippen LogP contribution is -2.43. The molecule has 1 unspecified atom stereocenters. The number of carbonyl (C=O) groups excluding carboxylic acids is 2. The van der Waals surface area contributed by atoms with Gasteiger partial charge in [0.25, 0.3) is 0 Å². The maximum absolute atomic E-state index is 12.4. The quantitative estimate of drug-likeness (QED) is 0.838. The molecule has 6 heteroatoms. The van der Waals surface area contributed by atoms with Crippen molar-refractivity contribution in [2.45, 2.75) is 25.4 Å². The van der Waals surface area contributed by atoms with Gasteiger partial charge in [0.2, 0.25) is 0 Å². The molecule has 1 atom stereocenters. The van der Waals surface area contributed by atoms with Crippen molar-refractivity contribution < 1.29 is 28.9 Å². The van der Waals surface area contributed by atoms with Gasteiger partial charge in [0, 0.05) is 25.3 Å². The summed E-state index contributed by atoms with van der Waals surface area (Å²) >= 11 is 0. The number of Topliss-reactive ketones (excluding diaryl/α,β-unsaturated/α-hetero) is 1. The molecule has 0 aliphatic heterocycles. The van der Waals surface area contributed by atoms with E-state index in [9.17, 15) is 14.7 Å². The number of methoxy groups -OCH3 is 2. The molecule has 0 heterocycles. The van der Waals surface area contributed by atoms with E-state index in [2.05, 4.69) is 0 Å². The molecule has 1 aliphatic carbocycles. The summed E-state index contributed by atoms with van der Waals surface area (Å²) in [5.74, 6) is 0.186. The molecule has 1 aromatic rings. The second-order valence-corrected chi connectivity index (χ2v) is 5.10. The van der Waals surface area contributed by atoms with E-state index in [1.165, 1.54) is 21.1 Å². The predicted octanol–water partition coefficient (Wildman–Crippen LogP) is 1.13. The van der Waals surface area contributed by atoms with Crippen molar-refractivity contribution in [3.05, 3.63) is 23.3 Å². The summed E-state index contributed by atoms with van der Waals surface area (Å²) in [5.41, 5.74) is -0.429. The van der Waals surface area contributed by atoms with E-state index in [-0.39, 0.29) is 25.2 Å². The molecule has 0 spiro atoms. The van der Waals surface area contributed by atoms with Crippen molar-refractivity contribution in [2.75, 3.05) is 20.8 Å². The summed E-state index contributed by atoms with van der Waals surface area (Å²) in [6.07, 6.45) is 0.0263. The van der Waals surface area contributed by atoms with Gasteiger partial charge in [-0.05, 0) is 12.1 Å². The molecular formula is C15H18O6. The minimum absolute atomic E-state index is 0.128. The monoisotopic (exact) mass is 294 g/mol. The van der Waals surface area contributed by atoms with Crippen molar-refractivity contribution in [1.82, 2.24) is 0 Å². The minimum Gasteiger partial charge on any atom is -0.496 e. The van der Waals surface area contributed by atoms with Crippen LogP contribution in [0, 0.1) is 0 Å². The van der Waals surface area contributed by atoms with Crippen LogP contribution in [-0.4, -0.2) is 43.3 Å². The molecule has 0 fully saturated rings. The average molecular weight is 294 g/mol. The lowest BCUT2D eigenvalue weighted by Gasteiger charge is -2.33. The van der Waals surface area contributed by atoms with E-state index in [1.54, 1.807) is 12.1 Å². The molecule has 0 aromatic heterocycles. The molecular weight excluding hydrogens is 276 g/mol. The normalized spacial score (nSPS) is 20.7. The van der Waals surface area contributed by atoms with Crippen LogP contribution in [0.5, 0.6) is 11.5 Å². The fraction of sp³-hybridized carbons (Fsp3) is 0.467. The SMILES string of the molecule is COc1ccc(OC)c2c1CC(O)(COC(C)=O)CC2=O. The van der Waals surface area contributed by atoms with E-state index in [0.29, 0.717) is 22.6 Å². The highest BCUT2D eigenvalue weighted by Gasteiger charge is 2.40. The Morgan fingerprint density at radius 3 is 2.43 bits per heavy atom. The second kappa shape index (κ2) is 5.73. The summed E-state index contributed by atoms with van der Waals surface area (Å²) < 4.78 is 15.3. The highest BCUT2D eigenvalue weighted by Crippen LogP contribution is 2.39. The lowest BCUT2D eigenvalue weighted by atomic mass is 9.79. The van der Waals surface area contributed by atoms with Gasteiger partial charge in [-0.25, -0.2) is 0 Å². The molecule has 0 amide bonds. The molecule has 0 saturated heterocycles. The van der Waals surface area contributed by atoms with Gasteiger partial charge in [-0.3, -0.25) is 9.59 Å². The van der Waals surface area contributed by atoms with Crippen molar-refractivity contribution in [3.63, 3.8) is 0 Å². The fourth-order valence-corrected chi connectivity index (χ4v) is 2.57. The number of carbonyl (C=O) groups is 2. The maximum Gasteiger partial charge on any atom is 0.302 e. The molecule has 0 radical (unpaired) electrons. The number of rotatable bonds is 4. The maximum atomic E-state index is 12.4. The summed E-state index contributed by atoms with van der Waals surface area (Å²) in [7, 11) is 2.97. The van der Waals surface area contributed by atoms with Crippen LogP contribution < -0.4 is 9.47 Å². The Hall–Kier alpha value is -2.08. The van der Waals surface area contributed by atoms with Crippen LogP contribution >= 0.6 is 0 Å². The number of ketones is 1. The number of aliphatic hydroxyl groups is 1. The number of ether oxygens (including phenoxy) is 3. The molecule has 6 nitrogen and oxygen atoms in total. The molecule has 2 rings (SSSR count). The molecule has 0 saturated carbocycles. The van der Waals surface area contributed by atoms with Gasteiger partial charge in [0.15, 0.2) is 5.78 Å². The summed E-state index contributed by atoms with van der Waals surface area (Å²) in [4.78, 5) is 23.3. The van der Waals surface area contributed by atoms with Crippen LogP contribution in [0.25, 0.3) is 0 Å². The second-order valence-electron chi connectivity index (χ2n) is 5.10. The first-order valence-electron chi connectivity index (χ1n) is 6.53. The zero-order valence-electron chi connectivity index (χ0n) is 12.3. The van der Waals surface area contributed by atoms with Gasteiger partial charge >= 0.3 is 5.97 Å². The Labute approximate surface area is 122 Å². The fourth-order valence-electron chi connectivity index (χ4n) is 2.57. The first kappa shape index (κ1) is 15.3. The highest BCUT2D eigenvalue weighted by molar-refractivity contribution is 6.02. The van der Waals surface area contributed by atoms with E-state index in [1.807, 2.05) is 0 Å². The van der Waals surface area contributed by atoms with Gasteiger partial charge in [0.05, 0.1) is 19.8 Å². The Balaban J connectivity index is 2.42. The standard InChI is InChI=1S/C15H18O6/c1-9(16)21-8-15(18)6-10-12(19-2)4-5-13(20-3)14(10)11(17)7-15/h4-5,18H,6-8H2,1-3H3. The van der Waals surface area contributed by atoms with Crippen LogP contribution in [0.4, 0.5) is 0 Å². The molecule has 1 aliphatic rings. The summed E-state index contributed by atoms with van der Waals surface area (Å²) in [5, 5.41) is 10.5. The van der Waals surface area contributed by atoms with Gasteiger partial charge in [-0.1, -0.05) is 0 Å². The third-order valence-electron chi connectivity index (χ3n) is 3.49. The topological polar surface area (TPSA) is 82.1 Å². The van der Waals surface area contributed by atoms with E-state index >= 15 is 0 Å². The summed E-state index contributed by atoms with van der Waals surface area (Å²) in [6.45, 7) is 1.03. The molecule has 21 heavy (non-hydrogen) atoms. The Morgan fingerprint density at radius 1 is 1.24 bits per heavy atom. The number of esters is 1. The van der Waals surface area contributed by atoms with Crippen LogP contribution in [-0.2, 0) is 16.0 Å². The van der Waals surface area contributed by atoms with Gasteiger partial charge in [0.1, 0.15) is 23.7 Å². The zero-order chi connectivity index (χ0) is 15.6. The molecule has 0 bridgehead atoms. The van der Waals surface area contributed by atoms with E-state index in [4.69, 9.17) is 14.2 Å². The third kappa shape index (κ3) is 3.00. The predicted molar refractivity (Wildman–Crippen MR) is 73.8 cm³/mol. The number of benzene rings is 1. The number of fused-ring (bicyclic) bond motifs is 1. The highest BCUT2D eigenvalue weighted by atomic mass is 16.5. The smallest absolute Gasteiger partial charge is 0.302 e. The lowest BCUT2D eigenvalue weighted by molar-refractivity contribution is -0.148. The number of hydrogen-bond donors (Lipinski definition) is 1. The first-order valence-corrected chi connectivity index (χ1v) is 6.53. The van der Waals surface area contributed by atoms with Crippen LogP contribution in [0.3, 0.4) is 0 Å². The van der Waals surface area contributed by atoms with Crippen molar-refractivity contribution in [2.24, 2.45) is 0 Å². The molecule has 114 valence electrons. The van der Waals surface area contributed by atoms with Crippen molar-refractivity contribution >= 4 is 11.8 Å². The van der Waals surface area contributed by atoms with Crippen molar-refractivity contribution in [1.29, 1.82) is 0 Å². The largest absolute Gasteiger partial charge is 0.496 e. The van der Waals surface area contributed by atoms with Crippen molar-refractivity contribution in [3.8, 4) is 11.5 Å².